The van der Waals surface area contributed by atoms with Gasteiger partial charge in [-0.2, -0.15) is 0 Å². The van der Waals surface area contributed by atoms with Crippen LogP contribution >= 0.6 is 0 Å². The van der Waals surface area contributed by atoms with Gasteiger partial charge in [0, 0.05) is 25.8 Å². The van der Waals surface area contributed by atoms with Gasteiger partial charge < -0.3 is 10.2 Å². The number of hydrogen-bond donors (Lipinski definition) is 1. The molecule has 0 heterocycles. The van der Waals surface area contributed by atoms with Crippen molar-refractivity contribution in [2.75, 3.05) is 31.6 Å². The topological polar surface area (TPSA) is 15.3 Å². The molecule has 0 amide bonds. The highest BCUT2D eigenvalue weighted by Crippen LogP contribution is 2.12. The summed E-state index contributed by atoms with van der Waals surface area (Å²) in [7, 11) is 1.92. The van der Waals surface area contributed by atoms with Crippen molar-refractivity contribution in [3.63, 3.8) is 0 Å². The Hall–Kier alpha value is -1.53. The fourth-order valence-corrected chi connectivity index (χ4v) is 1.25. The maximum atomic E-state index is 12.9. The minimum Gasteiger partial charge on any atom is -0.373 e. The van der Waals surface area contributed by atoms with E-state index in [0.717, 1.165) is 18.8 Å². The molecular formula is C12H15FN2. The molecule has 0 aliphatic rings. The Morgan fingerprint density at radius 1 is 1.53 bits per heavy atom. The van der Waals surface area contributed by atoms with E-state index in [-0.39, 0.29) is 5.82 Å². The highest BCUT2D eigenvalue weighted by molar-refractivity contribution is 5.45. The molecule has 2 nitrogen and oxygen atoms in total. The van der Waals surface area contributed by atoms with Crippen molar-refractivity contribution in [1.29, 1.82) is 0 Å². The van der Waals surface area contributed by atoms with Crippen LogP contribution in [0.3, 0.4) is 0 Å². The van der Waals surface area contributed by atoms with Gasteiger partial charge in [-0.25, -0.2) is 4.39 Å². The predicted octanol–water partition coefficient (Wildman–Crippen LogP) is 1.48. The summed E-state index contributed by atoms with van der Waals surface area (Å²) in [5.41, 5.74) is 0.873. The maximum absolute atomic E-state index is 12.9. The monoisotopic (exact) mass is 206 g/mol. The van der Waals surface area contributed by atoms with Gasteiger partial charge >= 0.3 is 0 Å². The number of nitrogens with one attached hydrogen (secondary N) is 1. The Labute approximate surface area is 90.1 Å². The lowest BCUT2D eigenvalue weighted by atomic mass is 10.3. The Balaban J connectivity index is 2.40. The number of benzene rings is 1. The third-order valence-electron chi connectivity index (χ3n) is 2.10. The molecule has 0 aliphatic heterocycles. The fraction of sp³-hybridized carbons (Fsp3) is 0.333. The van der Waals surface area contributed by atoms with Crippen LogP contribution in [-0.2, 0) is 0 Å². The molecule has 3 heteroatoms. The minimum atomic E-state index is -0.212. The highest BCUT2D eigenvalue weighted by Gasteiger charge is 2.00. The predicted molar refractivity (Wildman–Crippen MR) is 61.4 cm³/mol. The maximum Gasteiger partial charge on any atom is 0.125 e. The normalized spacial score (nSPS) is 9.67. The summed E-state index contributed by atoms with van der Waals surface area (Å²) in [4.78, 5) is 1.98. The molecule has 0 aromatic heterocycles. The Morgan fingerprint density at radius 2 is 2.33 bits per heavy atom. The van der Waals surface area contributed by atoms with Crippen LogP contribution < -0.4 is 10.2 Å². The van der Waals surface area contributed by atoms with E-state index in [2.05, 4.69) is 11.2 Å². The van der Waals surface area contributed by atoms with Crippen LogP contribution in [0.25, 0.3) is 0 Å². The van der Waals surface area contributed by atoms with Crippen molar-refractivity contribution in [3.05, 3.63) is 30.1 Å². The van der Waals surface area contributed by atoms with Crippen molar-refractivity contribution in [2.45, 2.75) is 0 Å². The van der Waals surface area contributed by atoms with E-state index in [0.29, 0.717) is 6.54 Å². The van der Waals surface area contributed by atoms with Crippen molar-refractivity contribution in [2.24, 2.45) is 0 Å². The van der Waals surface area contributed by atoms with Crippen LogP contribution in [0.1, 0.15) is 0 Å². The zero-order valence-electron chi connectivity index (χ0n) is 8.83. The van der Waals surface area contributed by atoms with Crippen molar-refractivity contribution in [1.82, 2.24) is 5.32 Å². The van der Waals surface area contributed by atoms with Gasteiger partial charge in [0.2, 0.25) is 0 Å². The quantitative estimate of drug-likeness (QED) is 0.580. The number of likely N-dealkylation sites (N-methyl/N-ethyl adjacent to an activating group) is 1. The van der Waals surface area contributed by atoms with Gasteiger partial charge in [-0.15, -0.1) is 6.42 Å². The van der Waals surface area contributed by atoms with Crippen LogP contribution in [-0.4, -0.2) is 26.7 Å². The molecular weight excluding hydrogens is 191 g/mol. The standard InChI is InChI=1S/C12H15FN2/c1-3-7-14-8-9-15(2)12-6-4-5-11(13)10-12/h1,4-6,10,14H,7-9H2,2H3. The highest BCUT2D eigenvalue weighted by atomic mass is 19.1. The van der Waals surface area contributed by atoms with Crippen molar-refractivity contribution < 1.29 is 4.39 Å². The third kappa shape index (κ3) is 4.01. The van der Waals surface area contributed by atoms with Crippen molar-refractivity contribution in [3.8, 4) is 12.3 Å². The van der Waals surface area contributed by atoms with E-state index in [4.69, 9.17) is 6.42 Å². The van der Waals surface area contributed by atoms with Crippen LogP contribution in [0.15, 0.2) is 24.3 Å². The SMILES string of the molecule is C#CCNCCN(C)c1cccc(F)c1. The zero-order chi connectivity index (χ0) is 11.1. The largest absolute Gasteiger partial charge is 0.373 e. The average molecular weight is 206 g/mol. The van der Waals surface area contributed by atoms with Gasteiger partial charge in [0.1, 0.15) is 5.82 Å². The summed E-state index contributed by atoms with van der Waals surface area (Å²) >= 11 is 0. The zero-order valence-corrected chi connectivity index (χ0v) is 8.83. The number of halogens is 1. The summed E-state index contributed by atoms with van der Waals surface area (Å²) in [6, 6.07) is 6.54. The first-order chi connectivity index (χ1) is 7.24. The van der Waals surface area contributed by atoms with Gasteiger partial charge in [-0.3, -0.25) is 0 Å². The first kappa shape index (κ1) is 11.5. The van der Waals surface area contributed by atoms with Crippen LogP contribution in [0.5, 0.6) is 0 Å². The molecule has 0 saturated heterocycles. The summed E-state index contributed by atoms with van der Waals surface area (Å²) < 4.78 is 12.9. The van der Waals surface area contributed by atoms with E-state index in [1.807, 2.05) is 18.0 Å². The second-order valence-electron chi connectivity index (χ2n) is 3.28. The average Bonchev–Trinajstić information content (AvgIpc) is 2.24. The van der Waals surface area contributed by atoms with Gasteiger partial charge in [0.25, 0.3) is 0 Å². The molecule has 0 bridgehead atoms. The third-order valence-corrected chi connectivity index (χ3v) is 2.10. The molecule has 0 fully saturated rings. The Morgan fingerprint density at radius 3 is 3.00 bits per heavy atom. The molecule has 1 N–H and O–H groups in total. The van der Waals surface area contributed by atoms with Crippen LogP contribution in [0.4, 0.5) is 10.1 Å². The molecule has 1 rings (SSSR count). The minimum absolute atomic E-state index is 0.212. The van der Waals surface area contributed by atoms with Crippen LogP contribution in [0, 0.1) is 18.2 Å². The number of nitrogens with zero attached hydrogens (tertiary/aromatic N) is 1. The molecule has 15 heavy (non-hydrogen) atoms. The lowest BCUT2D eigenvalue weighted by molar-refractivity contribution is 0.626. The Kier molecular flexibility index (Phi) is 4.65. The van der Waals surface area contributed by atoms with Gasteiger partial charge in [-0.05, 0) is 18.2 Å². The molecule has 1 aromatic carbocycles. The number of rotatable bonds is 5. The lowest BCUT2D eigenvalue weighted by Gasteiger charge is -2.19. The van der Waals surface area contributed by atoms with Crippen molar-refractivity contribution >= 4 is 5.69 Å². The smallest absolute Gasteiger partial charge is 0.125 e. The van der Waals surface area contributed by atoms with E-state index >= 15 is 0 Å². The molecule has 0 unspecified atom stereocenters. The fourth-order valence-electron chi connectivity index (χ4n) is 1.25. The molecule has 0 aliphatic carbocycles. The molecule has 0 radical (unpaired) electrons. The first-order valence-corrected chi connectivity index (χ1v) is 4.85. The summed E-state index contributed by atoms with van der Waals surface area (Å²) in [5.74, 6) is 2.29. The molecule has 0 spiro atoms. The van der Waals surface area contributed by atoms with Crippen LogP contribution in [0.2, 0.25) is 0 Å². The molecule has 80 valence electrons. The molecule has 0 saturated carbocycles. The number of anilines is 1. The first-order valence-electron chi connectivity index (χ1n) is 4.85. The summed E-state index contributed by atoms with van der Waals surface area (Å²) in [6.07, 6.45) is 5.10. The summed E-state index contributed by atoms with van der Waals surface area (Å²) in [5, 5.41) is 3.08. The van der Waals surface area contributed by atoms with E-state index < -0.39 is 0 Å². The summed E-state index contributed by atoms with van der Waals surface area (Å²) in [6.45, 7) is 2.15. The van der Waals surface area contributed by atoms with E-state index in [1.54, 1.807) is 6.07 Å². The second-order valence-corrected chi connectivity index (χ2v) is 3.28. The second kappa shape index (κ2) is 6.05. The van der Waals surface area contributed by atoms with Gasteiger partial charge in [0.05, 0.1) is 6.54 Å². The van der Waals surface area contributed by atoms with Gasteiger partial charge in [0.15, 0.2) is 0 Å². The van der Waals surface area contributed by atoms with Gasteiger partial charge in [-0.1, -0.05) is 12.0 Å². The Bertz CT molecular complexity index is 344. The molecule has 0 atom stereocenters. The molecule has 1 aromatic rings. The lowest BCUT2D eigenvalue weighted by Crippen LogP contribution is -2.29. The van der Waals surface area contributed by atoms with E-state index in [9.17, 15) is 4.39 Å². The van der Waals surface area contributed by atoms with E-state index in [1.165, 1.54) is 12.1 Å². The number of hydrogen-bond acceptors (Lipinski definition) is 2. The number of terminal acetylenes is 1.